The molecular formula is C30H37N5O3S. The van der Waals surface area contributed by atoms with Crippen molar-refractivity contribution in [3.05, 3.63) is 54.1 Å². The summed E-state index contributed by atoms with van der Waals surface area (Å²) >= 11 is 1.39. The third-order valence-corrected chi connectivity index (χ3v) is 8.73. The van der Waals surface area contributed by atoms with E-state index in [2.05, 4.69) is 36.2 Å². The van der Waals surface area contributed by atoms with E-state index in [0.29, 0.717) is 24.8 Å². The molecule has 3 aromatic rings. The fourth-order valence-electron chi connectivity index (χ4n) is 5.53. The molecule has 0 spiro atoms. The van der Waals surface area contributed by atoms with E-state index in [-0.39, 0.29) is 29.5 Å². The summed E-state index contributed by atoms with van der Waals surface area (Å²) in [6.45, 7) is 5.85. The number of hydrogen-bond acceptors (Lipinski definition) is 6. The number of rotatable bonds is 7. The standard InChI is InChI=1S/C30H37N5O3S/c1-21-9-11-23(12-10-21)28-31-32-30(35(28)25-13-15-26(38-3)16-14-25)39-20-27(36)33-17-18-34(22(2)19-33)29(37)24-7-5-4-6-8-24/h9-16,22,24H,4-8,17-20H2,1-3H3. The molecule has 9 heteroatoms. The largest absolute Gasteiger partial charge is 0.497 e. The van der Waals surface area contributed by atoms with Gasteiger partial charge in [-0.3, -0.25) is 14.2 Å². The molecule has 1 aliphatic carbocycles. The number of carbonyl (C=O) groups is 2. The molecule has 2 aliphatic rings. The normalized spacial score (nSPS) is 18.3. The van der Waals surface area contributed by atoms with Crippen molar-refractivity contribution in [2.75, 3.05) is 32.5 Å². The van der Waals surface area contributed by atoms with Crippen molar-refractivity contribution in [3.63, 3.8) is 0 Å². The molecule has 5 rings (SSSR count). The van der Waals surface area contributed by atoms with Crippen LogP contribution in [0, 0.1) is 12.8 Å². The molecule has 1 aliphatic heterocycles. The predicted molar refractivity (Wildman–Crippen MR) is 153 cm³/mol. The Balaban J connectivity index is 1.28. The first-order valence-electron chi connectivity index (χ1n) is 13.8. The lowest BCUT2D eigenvalue weighted by atomic mass is 9.88. The summed E-state index contributed by atoms with van der Waals surface area (Å²) < 4.78 is 7.33. The summed E-state index contributed by atoms with van der Waals surface area (Å²) in [4.78, 5) is 30.2. The second-order valence-corrected chi connectivity index (χ2v) is 11.5. The van der Waals surface area contributed by atoms with Gasteiger partial charge in [-0.05, 0) is 51.0 Å². The van der Waals surface area contributed by atoms with Crippen LogP contribution in [0.2, 0.25) is 0 Å². The molecule has 0 bridgehead atoms. The minimum absolute atomic E-state index is 0.0261. The van der Waals surface area contributed by atoms with Gasteiger partial charge in [0.05, 0.1) is 12.9 Å². The zero-order valence-electron chi connectivity index (χ0n) is 23.0. The molecule has 1 aromatic heterocycles. The number of aryl methyl sites for hydroxylation is 1. The monoisotopic (exact) mass is 547 g/mol. The fraction of sp³-hybridized carbons (Fsp3) is 0.467. The van der Waals surface area contributed by atoms with E-state index in [1.165, 1.54) is 23.7 Å². The first-order chi connectivity index (χ1) is 18.9. The van der Waals surface area contributed by atoms with Crippen molar-refractivity contribution in [2.24, 2.45) is 5.92 Å². The Hall–Kier alpha value is -3.33. The summed E-state index contributed by atoms with van der Waals surface area (Å²) in [5.41, 5.74) is 3.02. The molecule has 2 fully saturated rings. The van der Waals surface area contributed by atoms with Gasteiger partial charge >= 0.3 is 0 Å². The van der Waals surface area contributed by atoms with E-state index in [1.807, 2.05) is 50.8 Å². The Bertz CT molecular complexity index is 1280. The van der Waals surface area contributed by atoms with E-state index in [0.717, 1.165) is 48.5 Å². The molecule has 1 unspecified atom stereocenters. The first-order valence-corrected chi connectivity index (χ1v) is 14.8. The summed E-state index contributed by atoms with van der Waals surface area (Å²) in [5, 5.41) is 9.63. The topological polar surface area (TPSA) is 80.6 Å². The number of aromatic nitrogens is 3. The lowest BCUT2D eigenvalue weighted by molar-refractivity contribution is -0.145. The minimum atomic E-state index is 0.0261. The quantitative estimate of drug-likeness (QED) is 0.388. The highest BCUT2D eigenvalue weighted by molar-refractivity contribution is 7.99. The van der Waals surface area contributed by atoms with Crippen LogP contribution in [0.15, 0.2) is 53.7 Å². The molecular weight excluding hydrogens is 510 g/mol. The van der Waals surface area contributed by atoms with Crippen LogP contribution in [0.5, 0.6) is 5.75 Å². The first kappa shape index (κ1) is 27.2. The Labute approximate surface area is 234 Å². The van der Waals surface area contributed by atoms with Crippen molar-refractivity contribution >= 4 is 23.6 Å². The molecule has 2 heterocycles. The Morgan fingerprint density at radius 1 is 0.974 bits per heavy atom. The average Bonchev–Trinajstić information content (AvgIpc) is 3.40. The van der Waals surface area contributed by atoms with Crippen LogP contribution in [0.25, 0.3) is 17.1 Å². The number of amides is 2. The van der Waals surface area contributed by atoms with Crippen molar-refractivity contribution in [3.8, 4) is 22.8 Å². The molecule has 0 N–H and O–H groups in total. The molecule has 2 aromatic carbocycles. The predicted octanol–water partition coefficient (Wildman–Crippen LogP) is 4.98. The number of thioether (sulfide) groups is 1. The zero-order valence-corrected chi connectivity index (χ0v) is 23.8. The fourth-order valence-corrected chi connectivity index (χ4v) is 6.38. The second kappa shape index (κ2) is 12.2. The van der Waals surface area contributed by atoms with Gasteiger partial charge in [-0.15, -0.1) is 10.2 Å². The van der Waals surface area contributed by atoms with Crippen LogP contribution >= 0.6 is 11.8 Å². The van der Waals surface area contributed by atoms with Gasteiger partial charge in [0, 0.05) is 42.8 Å². The number of ether oxygens (including phenoxy) is 1. The number of hydrogen-bond donors (Lipinski definition) is 0. The van der Waals surface area contributed by atoms with Crippen molar-refractivity contribution < 1.29 is 14.3 Å². The number of carbonyl (C=O) groups excluding carboxylic acids is 2. The van der Waals surface area contributed by atoms with Crippen molar-refractivity contribution in [1.29, 1.82) is 0 Å². The van der Waals surface area contributed by atoms with E-state index < -0.39 is 0 Å². The maximum absolute atomic E-state index is 13.3. The van der Waals surface area contributed by atoms with Crippen LogP contribution in [-0.4, -0.2) is 74.9 Å². The molecule has 206 valence electrons. The SMILES string of the molecule is COc1ccc(-n2c(SCC(=O)N3CCN(C(=O)C4CCCCC4)C(C)C3)nnc2-c2ccc(C)cc2)cc1. The molecule has 1 saturated heterocycles. The average molecular weight is 548 g/mol. The zero-order chi connectivity index (χ0) is 27.4. The van der Waals surface area contributed by atoms with E-state index in [1.54, 1.807) is 7.11 Å². The van der Waals surface area contributed by atoms with Gasteiger partial charge < -0.3 is 14.5 Å². The Kier molecular flexibility index (Phi) is 8.55. The lowest BCUT2D eigenvalue weighted by Gasteiger charge is -2.41. The molecule has 8 nitrogen and oxygen atoms in total. The second-order valence-electron chi connectivity index (χ2n) is 10.5. The van der Waals surface area contributed by atoms with Crippen LogP contribution < -0.4 is 4.74 Å². The van der Waals surface area contributed by atoms with Crippen LogP contribution in [0.1, 0.15) is 44.6 Å². The van der Waals surface area contributed by atoms with Crippen LogP contribution in [-0.2, 0) is 9.59 Å². The molecule has 1 saturated carbocycles. The third-order valence-electron chi connectivity index (χ3n) is 7.82. The van der Waals surface area contributed by atoms with Gasteiger partial charge in [0.25, 0.3) is 0 Å². The Morgan fingerprint density at radius 3 is 2.36 bits per heavy atom. The van der Waals surface area contributed by atoms with Crippen molar-refractivity contribution in [2.45, 2.75) is 57.1 Å². The number of methoxy groups -OCH3 is 1. The van der Waals surface area contributed by atoms with Gasteiger partial charge in [0.2, 0.25) is 11.8 Å². The lowest BCUT2D eigenvalue weighted by Crippen LogP contribution is -2.57. The summed E-state index contributed by atoms with van der Waals surface area (Å²) in [6, 6.07) is 16.0. The maximum Gasteiger partial charge on any atom is 0.233 e. The number of benzene rings is 2. The molecule has 2 amide bonds. The van der Waals surface area contributed by atoms with E-state index in [4.69, 9.17) is 4.74 Å². The summed E-state index contributed by atoms with van der Waals surface area (Å²) in [7, 11) is 1.64. The highest BCUT2D eigenvalue weighted by atomic mass is 32.2. The maximum atomic E-state index is 13.3. The minimum Gasteiger partial charge on any atom is -0.497 e. The van der Waals surface area contributed by atoms with Gasteiger partial charge in [-0.2, -0.15) is 0 Å². The molecule has 0 radical (unpaired) electrons. The number of piperazine rings is 1. The van der Waals surface area contributed by atoms with Gasteiger partial charge in [0.1, 0.15) is 5.75 Å². The van der Waals surface area contributed by atoms with Gasteiger partial charge in [-0.1, -0.05) is 60.9 Å². The van der Waals surface area contributed by atoms with Gasteiger partial charge in [0.15, 0.2) is 11.0 Å². The van der Waals surface area contributed by atoms with E-state index >= 15 is 0 Å². The highest BCUT2D eigenvalue weighted by Crippen LogP contribution is 2.30. The Morgan fingerprint density at radius 2 is 1.69 bits per heavy atom. The van der Waals surface area contributed by atoms with Crippen LogP contribution in [0.4, 0.5) is 0 Å². The van der Waals surface area contributed by atoms with Crippen molar-refractivity contribution in [1.82, 2.24) is 24.6 Å². The molecule has 39 heavy (non-hydrogen) atoms. The van der Waals surface area contributed by atoms with E-state index in [9.17, 15) is 9.59 Å². The highest BCUT2D eigenvalue weighted by Gasteiger charge is 2.33. The third kappa shape index (κ3) is 6.13. The van der Waals surface area contributed by atoms with Crippen LogP contribution in [0.3, 0.4) is 0 Å². The molecule has 1 atom stereocenters. The smallest absolute Gasteiger partial charge is 0.233 e. The number of nitrogens with zero attached hydrogens (tertiary/aromatic N) is 5. The summed E-state index contributed by atoms with van der Waals surface area (Å²) in [5.74, 6) is 2.23. The summed E-state index contributed by atoms with van der Waals surface area (Å²) in [6.07, 6.45) is 5.53. The van der Waals surface area contributed by atoms with Gasteiger partial charge in [-0.25, -0.2) is 0 Å².